The lowest BCUT2D eigenvalue weighted by atomic mass is 10.1. The van der Waals surface area contributed by atoms with Gasteiger partial charge in [0.1, 0.15) is 6.29 Å². The highest BCUT2D eigenvalue weighted by Gasteiger charge is 2.06. The topological polar surface area (TPSA) is 17.1 Å². The van der Waals surface area contributed by atoms with Gasteiger partial charge in [0.05, 0.1) is 5.25 Å². The van der Waals surface area contributed by atoms with Gasteiger partial charge in [0.25, 0.3) is 0 Å². The van der Waals surface area contributed by atoms with Gasteiger partial charge in [-0.15, -0.1) is 0 Å². The van der Waals surface area contributed by atoms with Crippen molar-refractivity contribution >= 4 is 18.0 Å². The second kappa shape index (κ2) is 15.1. The van der Waals surface area contributed by atoms with E-state index in [1.807, 2.05) is 11.8 Å². The van der Waals surface area contributed by atoms with Crippen molar-refractivity contribution in [3.8, 4) is 0 Å². The van der Waals surface area contributed by atoms with Crippen molar-refractivity contribution in [1.82, 2.24) is 0 Å². The molecule has 1 unspecified atom stereocenters. The number of thioether (sulfide) groups is 1. The minimum absolute atomic E-state index is 0.262. The van der Waals surface area contributed by atoms with Crippen LogP contribution in [0.1, 0.15) is 84.5 Å². The number of carbonyl (C=O) groups is 1. The lowest BCUT2D eigenvalue weighted by Gasteiger charge is -2.09. The Bertz CT molecular complexity index is 170. The minimum atomic E-state index is 0.262. The summed E-state index contributed by atoms with van der Waals surface area (Å²) in [5.41, 5.74) is 0. The van der Waals surface area contributed by atoms with E-state index in [2.05, 4.69) is 13.8 Å². The van der Waals surface area contributed by atoms with Crippen molar-refractivity contribution in [2.24, 2.45) is 0 Å². The zero-order chi connectivity index (χ0) is 13.5. The first-order chi connectivity index (χ1) is 8.85. The Hall–Kier alpha value is 0.0200. The highest BCUT2D eigenvalue weighted by molar-refractivity contribution is 8.00. The fourth-order valence-electron chi connectivity index (χ4n) is 2.08. The van der Waals surface area contributed by atoms with Crippen LogP contribution in [0.4, 0.5) is 0 Å². The third-order valence-corrected chi connectivity index (χ3v) is 4.62. The van der Waals surface area contributed by atoms with Gasteiger partial charge in [-0.25, -0.2) is 0 Å². The molecule has 0 aromatic carbocycles. The molecule has 0 amide bonds. The summed E-state index contributed by atoms with van der Waals surface area (Å²) < 4.78 is 0. The smallest absolute Gasteiger partial charge is 0.132 e. The van der Waals surface area contributed by atoms with E-state index in [1.165, 1.54) is 70.0 Å². The van der Waals surface area contributed by atoms with Crippen molar-refractivity contribution in [3.63, 3.8) is 0 Å². The van der Waals surface area contributed by atoms with Crippen LogP contribution in [-0.2, 0) is 4.79 Å². The molecular weight excluding hydrogens is 240 g/mol. The van der Waals surface area contributed by atoms with Gasteiger partial charge in [0.15, 0.2) is 0 Å². The van der Waals surface area contributed by atoms with Crippen molar-refractivity contribution in [1.29, 1.82) is 0 Å². The number of hydrogen-bond donors (Lipinski definition) is 0. The molecule has 0 aliphatic carbocycles. The van der Waals surface area contributed by atoms with E-state index in [0.29, 0.717) is 0 Å². The van der Waals surface area contributed by atoms with E-state index in [9.17, 15) is 4.79 Å². The third-order valence-electron chi connectivity index (χ3n) is 3.32. The zero-order valence-corrected chi connectivity index (χ0v) is 13.3. The van der Waals surface area contributed by atoms with Crippen LogP contribution >= 0.6 is 11.8 Å². The molecule has 0 fully saturated rings. The predicted octanol–water partition coefficient (Wildman–Crippen LogP) is 5.62. The number of rotatable bonds is 14. The van der Waals surface area contributed by atoms with Crippen LogP contribution in [0.5, 0.6) is 0 Å². The number of aldehydes is 1. The molecule has 0 spiro atoms. The molecule has 0 bridgehead atoms. The van der Waals surface area contributed by atoms with Crippen molar-refractivity contribution in [3.05, 3.63) is 0 Å². The Labute approximate surface area is 118 Å². The normalized spacial score (nSPS) is 12.6. The largest absolute Gasteiger partial charge is 0.302 e. The first-order valence-corrected chi connectivity index (χ1v) is 8.96. The van der Waals surface area contributed by atoms with Gasteiger partial charge < -0.3 is 4.79 Å². The van der Waals surface area contributed by atoms with Gasteiger partial charge in [-0.3, -0.25) is 0 Å². The van der Waals surface area contributed by atoms with Crippen molar-refractivity contribution in [2.75, 3.05) is 5.75 Å². The third kappa shape index (κ3) is 12.5. The molecule has 1 nitrogen and oxygen atoms in total. The molecule has 0 aliphatic rings. The van der Waals surface area contributed by atoms with Gasteiger partial charge in [-0.1, -0.05) is 71.6 Å². The van der Waals surface area contributed by atoms with Gasteiger partial charge in [0, 0.05) is 0 Å². The van der Waals surface area contributed by atoms with Crippen LogP contribution in [0.15, 0.2) is 0 Å². The maximum atomic E-state index is 11.0. The Morgan fingerprint density at radius 1 is 0.833 bits per heavy atom. The summed E-state index contributed by atoms with van der Waals surface area (Å²) in [6.07, 6.45) is 15.4. The van der Waals surface area contributed by atoms with E-state index in [4.69, 9.17) is 0 Å². The molecule has 0 aromatic rings. The van der Waals surface area contributed by atoms with Gasteiger partial charge >= 0.3 is 0 Å². The Morgan fingerprint density at radius 3 is 2.00 bits per heavy atom. The summed E-state index contributed by atoms with van der Waals surface area (Å²) in [5, 5.41) is 0.262. The summed E-state index contributed by atoms with van der Waals surface area (Å²) in [6.45, 7) is 4.48. The number of carbonyl (C=O) groups excluding carboxylic acids is 1. The minimum Gasteiger partial charge on any atom is -0.302 e. The van der Waals surface area contributed by atoms with Crippen LogP contribution < -0.4 is 0 Å². The van der Waals surface area contributed by atoms with Crippen LogP contribution in [0.25, 0.3) is 0 Å². The maximum absolute atomic E-state index is 11.0. The standard InChI is InChI=1S/C16H32OS/c1-3-5-7-9-10-12-14-18-16(15-17)13-11-8-6-4-2/h15-16H,3-14H2,1-2H3. The maximum Gasteiger partial charge on any atom is 0.132 e. The highest BCUT2D eigenvalue weighted by Crippen LogP contribution is 2.18. The average molecular weight is 272 g/mol. The monoisotopic (exact) mass is 272 g/mol. The fraction of sp³-hybridized carbons (Fsp3) is 0.938. The molecule has 0 aromatic heterocycles. The zero-order valence-electron chi connectivity index (χ0n) is 12.5. The van der Waals surface area contributed by atoms with E-state index < -0.39 is 0 Å². The molecule has 0 radical (unpaired) electrons. The van der Waals surface area contributed by atoms with Crippen LogP contribution in [-0.4, -0.2) is 17.3 Å². The molecule has 0 heterocycles. The van der Waals surface area contributed by atoms with Gasteiger partial charge in [0.2, 0.25) is 0 Å². The summed E-state index contributed by atoms with van der Waals surface area (Å²) in [4.78, 5) is 11.0. The molecular formula is C16H32OS. The number of unbranched alkanes of at least 4 members (excludes halogenated alkanes) is 8. The summed E-state index contributed by atoms with van der Waals surface area (Å²) in [6, 6.07) is 0. The van der Waals surface area contributed by atoms with E-state index in [1.54, 1.807) is 0 Å². The van der Waals surface area contributed by atoms with E-state index in [-0.39, 0.29) is 5.25 Å². The first-order valence-electron chi connectivity index (χ1n) is 7.92. The van der Waals surface area contributed by atoms with Gasteiger partial charge in [-0.2, -0.15) is 11.8 Å². The lowest BCUT2D eigenvalue weighted by molar-refractivity contribution is -0.107. The summed E-state index contributed by atoms with van der Waals surface area (Å²) >= 11 is 1.88. The quantitative estimate of drug-likeness (QED) is 0.301. The molecule has 0 aliphatic heterocycles. The molecule has 108 valence electrons. The van der Waals surface area contributed by atoms with Crippen LogP contribution in [0, 0.1) is 0 Å². The summed E-state index contributed by atoms with van der Waals surface area (Å²) in [5.74, 6) is 1.17. The average Bonchev–Trinajstić information content (AvgIpc) is 2.40. The highest BCUT2D eigenvalue weighted by atomic mass is 32.2. The SMILES string of the molecule is CCCCCCCCSC(C=O)CCCCCC. The second-order valence-corrected chi connectivity index (χ2v) is 6.51. The Kier molecular flexibility index (Phi) is 15.1. The van der Waals surface area contributed by atoms with Crippen molar-refractivity contribution < 1.29 is 4.79 Å². The molecule has 2 heteroatoms. The van der Waals surface area contributed by atoms with E-state index in [0.717, 1.165) is 12.7 Å². The Morgan fingerprint density at radius 2 is 1.39 bits per heavy atom. The molecule has 18 heavy (non-hydrogen) atoms. The number of hydrogen-bond acceptors (Lipinski definition) is 2. The fourth-order valence-corrected chi connectivity index (χ4v) is 3.17. The molecule has 1 atom stereocenters. The van der Waals surface area contributed by atoms with E-state index >= 15 is 0 Å². The molecule has 0 saturated carbocycles. The molecule has 0 saturated heterocycles. The molecule has 0 rings (SSSR count). The Balaban J connectivity index is 3.30. The molecule has 0 N–H and O–H groups in total. The van der Waals surface area contributed by atoms with Crippen molar-refractivity contribution in [2.45, 2.75) is 89.7 Å². The van der Waals surface area contributed by atoms with Crippen LogP contribution in [0.2, 0.25) is 0 Å². The first kappa shape index (κ1) is 18.0. The predicted molar refractivity (Wildman–Crippen MR) is 84.4 cm³/mol. The van der Waals surface area contributed by atoms with Crippen LogP contribution in [0.3, 0.4) is 0 Å². The summed E-state index contributed by atoms with van der Waals surface area (Å²) in [7, 11) is 0. The lowest BCUT2D eigenvalue weighted by Crippen LogP contribution is -2.05. The second-order valence-electron chi connectivity index (χ2n) is 5.16. The van der Waals surface area contributed by atoms with Gasteiger partial charge in [-0.05, 0) is 18.6 Å².